The van der Waals surface area contributed by atoms with Crippen molar-refractivity contribution in [2.75, 3.05) is 13.7 Å². The fourth-order valence-electron chi connectivity index (χ4n) is 2.04. The van der Waals surface area contributed by atoms with Crippen molar-refractivity contribution in [1.29, 1.82) is 0 Å². The maximum atomic E-state index is 13.6. The van der Waals surface area contributed by atoms with Crippen LogP contribution < -0.4 is 10.1 Å². The van der Waals surface area contributed by atoms with Crippen molar-refractivity contribution in [3.8, 4) is 5.75 Å². The largest absolute Gasteiger partial charge is 0.497 e. The molecule has 0 atom stereocenters. The second-order valence-electron chi connectivity index (χ2n) is 5.16. The van der Waals surface area contributed by atoms with E-state index in [-0.39, 0.29) is 17.0 Å². The van der Waals surface area contributed by atoms with Gasteiger partial charge in [0.2, 0.25) is 0 Å². The van der Waals surface area contributed by atoms with E-state index >= 15 is 0 Å². The molecule has 1 amide bonds. The lowest BCUT2D eigenvalue weighted by molar-refractivity contribution is -0.147. The van der Waals surface area contributed by atoms with Gasteiger partial charge in [0.1, 0.15) is 11.6 Å². The zero-order valence-electron chi connectivity index (χ0n) is 13.6. The Labute approximate surface area is 149 Å². The summed E-state index contributed by atoms with van der Waals surface area (Å²) in [4.78, 5) is 23.4. The lowest BCUT2D eigenvalue weighted by atomic mass is 10.1. The second-order valence-corrected chi connectivity index (χ2v) is 5.57. The number of hydrogen-bond donors (Lipinski definition) is 1. The Kier molecular flexibility index (Phi) is 6.77. The number of carbonyl (C=O) groups excluding carboxylic acids is 2. The Hall–Kier alpha value is -2.60. The van der Waals surface area contributed by atoms with Gasteiger partial charge in [-0.25, -0.2) is 4.39 Å². The normalized spacial score (nSPS) is 10.2. The summed E-state index contributed by atoms with van der Waals surface area (Å²) in [5, 5.41) is 2.76. The number of hydrogen-bond acceptors (Lipinski definition) is 4. The molecule has 2 aromatic rings. The number of carbonyl (C=O) groups is 2. The minimum absolute atomic E-state index is 0.0489. The standard InChI is InChI=1S/C18H17ClFNO4/c1-24-13-7-5-12(6-8-13)10-21-17(22)11-25-18(23)9-14-15(19)3-2-4-16(14)20/h2-8H,9-11H2,1H3,(H,21,22). The van der Waals surface area contributed by atoms with Gasteiger partial charge in [0.05, 0.1) is 13.5 Å². The molecular formula is C18H17ClFNO4. The minimum atomic E-state index is -0.730. The first-order valence-corrected chi connectivity index (χ1v) is 7.85. The van der Waals surface area contributed by atoms with Gasteiger partial charge in [0.15, 0.2) is 6.61 Å². The molecule has 0 saturated carbocycles. The highest BCUT2D eigenvalue weighted by atomic mass is 35.5. The van der Waals surface area contributed by atoms with Gasteiger partial charge in [0, 0.05) is 17.1 Å². The summed E-state index contributed by atoms with van der Waals surface area (Å²) in [5.41, 5.74) is 0.923. The Morgan fingerprint density at radius 2 is 1.88 bits per heavy atom. The van der Waals surface area contributed by atoms with Crippen LogP contribution in [0.25, 0.3) is 0 Å². The maximum Gasteiger partial charge on any atom is 0.310 e. The Balaban J connectivity index is 1.76. The summed E-state index contributed by atoms with van der Waals surface area (Å²) in [6.45, 7) is -0.152. The Morgan fingerprint density at radius 1 is 1.16 bits per heavy atom. The van der Waals surface area contributed by atoms with Crippen LogP contribution in [0.1, 0.15) is 11.1 Å². The molecule has 0 aromatic heterocycles. The molecule has 0 aliphatic rings. The monoisotopic (exact) mass is 365 g/mol. The number of rotatable bonds is 7. The molecule has 25 heavy (non-hydrogen) atoms. The molecule has 1 N–H and O–H groups in total. The summed E-state index contributed by atoms with van der Waals surface area (Å²) >= 11 is 5.84. The quantitative estimate of drug-likeness (QED) is 0.766. The number of amides is 1. The van der Waals surface area contributed by atoms with Crippen molar-refractivity contribution >= 4 is 23.5 Å². The molecule has 2 rings (SSSR count). The van der Waals surface area contributed by atoms with Crippen LogP contribution in [0.4, 0.5) is 4.39 Å². The molecule has 132 valence electrons. The van der Waals surface area contributed by atoms with Crippen molar-refractivity contribution in [3.63, 3.8) is 0 Å². The first-order valence-electron chi connectivity index (χ1n) is 7.47. The van der Waals surface area contributed by atoms with E-state index in [4.69, 9.17) is 21.1 Å². The Bertz CT molecular complexity index is 729. The predicted molar refractivity (Wildman–Crippen MR) is 90.9 cm³/mol. The van der Waals surface area contributed by atoms with Crippen molar-refractivity contribution in [2.45, 2.75) is 13.0 Å². The van der Waals surface area contributed by atoms with Crippen molar-refractivity contribution in [1.82, 2.24) is 5.32 Å². The van der Waals surface area contributed by atoms with Gasteiger partial charge in [-0.05, 0) is 29.8 Å². The summed E-state index contributed by atoms with van der Waals surface area (Å²) in [5.74, 6) is -1.06. The molecule has 5 nitrogen and oxygen atoms in total. The van der Waals surface area contributed by atoms with E-state index in [1.54, 1.807) is 19.2 Å². The van der Waals surface area contributed by atoms with Crippen LogP contribution in [0.5, 0.6) is 5.75 Å². The molecule has 0 aliphatic carbocycles. The molecular weight excluding hydrogens is 349 g/mol. The lowest BCUT2D eigenvalue weighted by Crippen LogP contribution is -2.28. The van der Waals surface area contributed by atoms with E-state index in [0.717, 1.165) is 11.3 Å². The topological polar surface area (TPSA) is 64.6 Å². The number of ether oxygens (including phenoxy) is 2. The highest BCUT2D eigenvalue weighted by Crippen LogP contribution is 2.19. The van der Waals surface area contributed by atoms with Crippen LogP contribution in [-0.4, -0.2) is 25.6 Å². The van der Waals surface area contributed by atoms with Gasteiger partial charge in [0.25, 0.3) is 5.91 Å². The molecule has 0 bridgehead atoms. The van der Waals surface area contributed by atoms with E-state index in [9.17, 15) is 14.0 Å². The number of nitrogens with one attached hydrogen (secondary N) is 1. The van der Waals surface area contributed by atoms with E-state index in [1.165, 1.54) is 18.2 Å². The van der Waals surface area contributed by atoms with Crippen LogP contribution in [0.3, 0.4) is 0 Å². The minimum Gasteiger partial charge on any atom is -0.497 e. The molecule has 0 fully saturated rings. The lowest BCUT2D eigenvalue weighted by Gasteiger charge is -2.08. The average molecular weight is 366 g/mol. The summed E-state index contributed by atoms with van der Waals surface area (Å²) in [6, 6.07) is 11.3. The second kappa shape index (κ2) is 9.03. The molecule has 7 heteroatoms. The fraction of sp³-hybridized carbons (Fsp3) is 0.222. The number of benzene rings is 2. The smallest absolute Gasteiger partial charge is 0.310 e. The molecule has 2 aromatic carbocycles. The zero-order chi connectivity index (χ0) is 18.2. The van der Waals surface area contributed by atoms with Crippen LogP contribution >= 0.6 is 11.6 Å². The van der Waals surface area contributed by atoms with Crippen LogP contribution in [0, 0.1) is 5.82 Å². The molecule has 0 aliphatic heterocycles. The highest BCUT2D eigenvalue weighted by Gasteiger charge is 2.14. The van der Waals surface area contributed by atoms with E-state index in [1.807, 2.05) is 12.1 Å². The summed E-state index contributed by atoms with van der Waals surface area (Å²) < 4.78 is 23.5. The highest BCUT2D eigenvalue weighted by molar-refractivity contribution is 6.31. The molecule has 0 unspecified atom stereocenters. The zero-order valence-corrected chi connectivity index (χ0v) is 14.3. The van der Waals surface area contributed by atoms with E-state index in [2.05, 4.69) is 5.32 Å². The van der Waals surface area contributed by atoms with E-state index < -0.39 is 24.3 Å². The first kappa shape index (κ1) is 18.7. The van der Waals surface area contributed by atoms with Gasteiger partial charge in [-0.1, -0.05) is 29.8 Å². The van der Waals surface area contributed by atoms with Crippen molar-refractivity contribution in [2.24, 2.45) is 0 Å². The summed E-state index contributed by atoms with van der Waals surface area (Å²) in [6.07, 6.45) is -0.336. The van der Waals surface area contributed by atoms with Crippen LogP contribution in [-0.2, 0) is 27.3 Å². The van der Waals surface area contributed by atoms with Gasteiger partial charge in [-0.15, -0.1) is 0 Å². The maximum absolute atomic E-state index is 13.6. The fourth-order valence-corrected chi connectivity index (χ4v) is 2.27. The van der Waals surface area contributed by atoms with Gasteiger partial charge < -0.3 is 14.8 Å². The third-order valence-corrected chi connectivity index (χ3v) is 3.75. The van der Waals surface area contributed by atoms with Crippen LogP contribution in [0.15, 0.2) is 42.5 Å². The molecule has 0 radical (unpaired) electrons. The molecule has 0 saturated heterocycles. The Morgan fingerprint density at radius 3 is 2.52 bits per heavy atom. The van der Waals surface area contributed by atoms with Gasteiger partial charge >= 0.3 is 5.97 Å². The molecule has 0 heterocycles. The predicted octanol–water partition coefficient (Wildman–Crippen LogP) is 2.89. The number of esters is 1. The number of methoxy groups -OCH3 is 1. The van der Waals surface area contributed by atoms with Crippen molar-refractivity contribution in [3.05, 3.63) is 64.4 Å². The van der Waals surface area contributed by atoms with Crippen LogP contribution in [0.2, 0.25) is 5.02 Å². The van der Waals surface area contributed by atoms with E-state index in [0.29, 0.717) is 6.54 Å². The average Bonchev–Trinajstić information content (AvgIpc) is 2.62. The first-order chi connectivity index (χ1) is 12.0. The molecule has 0 spiro atoms. The van der Waals surface area contributed by atoms with Crippen molar-refractivity contribution < 1.29 is 23.5 Å². The third kappa shape index (κ3) is 5.76. The number of halogens is 2. The summed E-state index contributed by atoms with van der Waals surface area (Å²) in [7, 11) is 1.57. The SMILES string of the molecule is COc1ccc(CNC(=O)COC(=O)Cc2c(F)cccc2Cl)cc1. The van der Waals surface area contributed by atoms with Gasteiger partial charge in [-0.3, -0.25) is 9.59 Å². The third-order valence-electron chi connectivity index (χ3n) is 3.40. The van der Waals surface area contributed by atoms with Gasteiger partial charge in [-0.2, -0.15) is 0 Å².